The summed E-state index contributed by atoms with van der Waals surface area (Å²) in [6.07, 6.45) is 0.557. The Balaban J connectivity index is 1.94. The third-order valence-corrected chi connectivity index (χ3v) is 4.88. The van der Waals surface area contributed by atoms with Gasteiger partial charge in [-0.1, -0.05) is 15.9 Å². The minimum atomic E-state index is -1.11. The number of benzene rings is 1. The first kappa shape index (κ1) is 13.1. The molecule has 1 spiro atoms. The average Bonchev–Trinajstić information content (AvgIpc) is 2.76. The van der Waals surface area contributed by atoms with Gasteiger partial charge in [0.2, 0.25) is 0 Å². The number of carbonyl (C=O) groups is 2. The van der Waals surface area contributed by atoms with E-state index in [-0.39, 0.29) is 17.9 Å². The van der Waals surface area contributed by atoms with Gasteiger partial charge in [0.25, 0.3) is 5.91 Å². The van der Waals surface area contributed by atoms with Crippen molar-refractivity contribution in [2.45, 2.75) is 18.1 Å². The number of urea groups is 1. The first-order valence-corrected chi connectivity index (χ1v) is 7.58. The van der Waals surface area contributed by atoms with Crippen LogP contribution in [0.2, 0.25) is 0 Å². The Morgan fingerprint density at radius 3 is 2.95 bits per heavy atom. The van der Waals surface area contributed by atoms with Gasteiger partial charge >= 0.3 is 6.03 Å². The molecule has 0 saturated carbocycles. The molecule has 7 heteroatoms. The summed E-state index contributed by atoms with van der Waals surface area (Å²) in [6.45, 7) is 0.975. The Kier molecular flexibility index (Phi) is 2.77. The largest absolute Gasteiger partial charge is 0.489 e. The van der Waals surface area contributed by atoms with E-state index in [9.17, 15) is 9.59 Å². The van der Waals surface area contributed by atoms with Gasteiger partial charge in [-0.05, 0) is 18.2 Å². The van der Waals surface area contributed by atoms with E-state index < -0.39 is 11.6 Å². The molecule has 1 aromatic carbocycles. The molecule has 2 saturated heterocycles. The maximum absolute atomic E-state index is 12.6. The van der Waals surface area contributed by atoms with Gasteiger partial charge in [-0.15, -0.1) is 0 Å². The van der Waals surface area contributed by atoms with Gasteiger partial charge in [0, 0.05) is 16.5 Å². The van der Waals surface area contributed by atoms with E-state index in [0.717, 1.165) is 4.47 Å². The van der Waals surface area contributed by atoms with Crippen molar-refractivity contribution in [2.75, 3.05) is 13.2 Å². The van der Waals surface area contributed by atoms with Gasteiger partial charge in [-0.25, -0.2) is 4.79 Å². The second kappa shape index (κ2) is 4.45. The molecule has 1 aromatic rings. The third kappa shape index (κ3) is 1.74. The Morgan fingerprint density at radius 2 is 2.19 bits per heavy atom. The number of imide groups is 1. The summed E-state index contributed by atoms with van der Waals surface area (Å²) >= 11 is 3.41. The summed E-state index contributed by atoms with van der Waals surface area (Å²) in [7, 11) is 0. The molecule has 21 heavy (non-hydrogen) atoms. The van der Waals surface area contributed by atoms with Crippen LogP contribution in [0.1, 0.15) is 12.0 Å². The molecule has 3 amide bonds. The zero-order valence-corrected chi connectivity index (χ0v) is 12.6. The van der Waals surface area contributed by atoms with Crippen LogP contribution in [0.4, 0.5) is 4.79 Å². The van der Waals surface area contributed by atoms with E-state index in [1.54, 1.807) is 0 Å². The highest BCUT2D eigenvalue weighted by atomic mass is 79.9. The van der Waals surface area contributed by atoms with Gasteiger partial charge in [0.15, 0.2) is 5.54 Å². The van der Waals surface area contributed by atoms with Crippen LogP contribution in [0, 0.1) is 5.92 Å². The smallest absolute Gasteiger partial charge is 0.322 e. The fourth-order valence-electron chi connectivity index (χ4n) is 3.46. The molecule has 3 aliphatic heterocycles. The number of carbonyl (C=O) groups excluding carboxylic acids is 2. The molecule has 4 rings (SSSR count). The van der Waals surface area contributed by atoms with Gasteiger partial charge in [-0.3, -0.25) is 10.1 Å². The summed E-state index contributed by atoms with van der Waals surface area (Å²) in [5.74, 6) is 0.0637. The topological polar surface area (TPSA) is 76.7 Å². The molecule has 2 N–H and O–H groups in total. The van der Waals surface area contributed by atoms with Crippen LogP contribution >= 0.6 is 15.9 Å². The van der Waals surface area contributed by atoms with E-state index in [1.165, 1.54) is 0 Å². The van der Waals surface area contributed by atoms with Crippen LogP contribution in [0.5, 0.6) is 5.75 Å². The van der Waals surface area contributed by atoms with Crippen LogP contribution in [0.15, 0.2) is 22.7 Å². The first-order chi connectivity index (χ1) is 10.1. The molecule has 2 fully saturated rings. The Bertz CT molecular complexity index is 650. The average molecular weight is 353 g/mol. The molecule has 3 aliphatic rings. The third-order valence-electron chi connectivity index (χ3n) is 4.39. The Hall–Kier alpha value is -1.60. The highest BCUT2D eigenvalue weighted by molar-refractivity contribution is 9.10. The molecular formula is C14H13BrN2O4. The quantitative estimate of drug-likeness (QED) is 0.689. The van der Waals surface area contributed by atoms with E-state index in [0.29, 0.717) is 30.9 Å². The summed E-state index contributed by atoms with van der Waals surface area (Å²) in [5, 5.41) is 5.18. The van der Waals surface area contributed by atoms with E-state index in [2.05, 4.69) is 26.6 Å². The lowest BCUT2D eigenvalue weighted by Crippen LogP contribution is -2.60. The number of hydrogen-bond donors (Lipinski definition) is 2. The molecular weight excluding hydrogens is 340 g/mol. The van der Waals surface area contributed by atoms with Crippen molar-refractivity contribution in [3.8, 4) is 5.75 Å². The lowest BCUT2D eigenvalue weighted by Gasteiger charge is -2.46. The van der Waals surface area contributed by atoms with E-state index in [1.807, 2.05) is 18.2 Å². The highest BCUT2D eigenvalue weighted by Crippen LogP contribution is 2.47. The SMILES string of the molecule is O=C1NC(=O)C2(N1)c1cc(Br)ccc1OC1CCOCC12. The predicted molar refractivity (Wildman–Crippen MR) is 75.8 cm³/mol. The number of hydrogen-bond acceptors (Lipinski definition) is 4. The molecule has 3 heterocycles. The minimum absolute atomic E-state index is 0.142. The normalized spacial score (nSPS) is 33.8. The number of halogens is 1. The fourth-order valence-corrected chi connectivity index (χ4v) is 3.82. The van der Waals surface area contributed by atoms with Gasteiger partial charge < -0.3 is 14.8 Å². The standard InChI is InChI=1S/C14H13BrN2O4/c15-7-1-2-10-8(5-7)14(12(18)16-13(19)17-14)9-6-20-4-3-11(9)21-10/h1-2,5,9,11H,3-4,6H2,(H2,16,17,18,19). The van der Waals surface area contributed by atoms with E-state index >= 15 is 0 Å². The van der Waals surface area contributed by atoms with Crippen LogP contribution in [-0.2, 0) is 15.1 Å². The van der Waals surface area contributed by atoms with Gasteiger partial charge in [-0.2, -0.15) is 0 Å². The summed E-state index contributed by atoms with van der Waals surface area (Å²) < 4.78 is 12.4. The molecule has 110 valence electrons. The van der Waals surface area contributed by atoms with Crippen LogP contribution in [-0.4, -0.2) is 31.3 Å². The lowest BCUT2D eigenvalue weighted by atomic mass is 9.72. The summed E-state index contributed by atoms with van der Waals surface area (Å²) in [4.78, 5) is 24.3. The molecule has 0 aliphatic carbocycles. The highest BCUT2D eigenvalue weighted by Gasteiger charge is 2.60. The van der Waals surface area contributed by atoms with Crippen molar-refractivity contribution >= 4 is 27.9 Å². The zero-order valence-electron chi connectivity index (χ0n) is 11.0. The van der Waals surface area contributed by atoms with Crippen LogP contribution < -0.4 is 15.4 Å². The van der Waals surface area contributed by atoms with Crippen molar-refractivity contribution in [2.24, 2.45) is 5.92 Å². The maximum Gasteiger partial charge on any atom is 0.322 e. The Labute approximate surface area is 129 Å². The maximum atomic E-state index is 12.6. The predicted octanol–water partition coefficient (Wildman–Crippen LogP) is 1.28. The van der Waals surface area contributed by atoms with Crippen LogP contribution in [0.3, 0.4) is 0 Å². The number of fused-ring (bicyclic) bond motifs is 4. The molecule has 0 radical (unpaired) electrons. The van der Waals surface area contributed by atoms with Crippen LogP contribution in [0.25, 0.3) is 0 Å². The van der Waals surface area contributed by atoms with Crippen molar-refractivity contribution < 1.29 is 19.1 Å². The molecule has 3 unspecified atom stereocenters. The number of rotatable bonds is 0. The van der Waals surface area contributed by atoms with Gasteiger partial charge in [0.05, 0.1) is 19.1 Å². The molecule has 6 nitrogen and oxygen atoms in total. The van der Waals surface area contributed by atoms with Crippen molar-refractivity contribution in [1.29, 1.82) is 0 Å². The second-order valence-corrected chi connectivity index (χ2v) is 6.40. The first-order valence-electron chi connectivity index (χ1n) is 6.79. The number of ether oxygens (including phenoxy) is 2. The lowest BCUT2D eigenvalue weighted by molar-refractivity contribution is -0.136. The summed E-state index contributed by atoms with van der Waals surface area (Å²) in [5.41, 5.74) is -0.438. The molecule has 3 atom stereocenters. The number of amides is 3. The van der Waals surface area contributed by atoms with E-state index in [4.69, 9.17) is 9.47 Å². The summed E-state index contributed by atoms with van der Waals surface area (Å²) in [6, 6.07) is 5.04. The van der Waals surface area contributed by atoms with Crippen molar-refractivity contribution in [1.82, 2.24) is 10.6 Å². The molecule has 0 aromatic heterocycles. The van der Waals surface area contributed by atoms with Crippen molar-refractivity contribution in [3.63, 3.8) is 0 Å². The monoisotopic (exact) mass is 352 g/mol. The second-order valence-electron chi connectivity index (χ2n) is 5.48. The fraction of sp³-hybridized carbons (Fsp3) is 0.429. The number of nitrogens with one attached hydrogen (secondary N) is 2. The molecule has 0 bridgehead atoms. The van der Waals surface area contributed by atoms with Crippen molar-refractivity contribution in [3.05, 3.63) is 28.2 Å². The minimum Gasteiger partial charge on any atom is -0.489 e. The zero-order chi connectivity index (χ0) is 14.6. The Morgan fingerprint density at radius 1 is 1.33 bits per heavy atom. The van der Waals surface area contributed by atoms with Gasteiger partial charge in [0.1, 0.15) is 11.9 Å².